The summed E-state index contributed by atoms with van der Waals surface area (Å²) in [6.07, 6.45) is 0. The Balaban J connectivity index is 2.15. The summed E-state index contributed by atoms with van der Waals surface area (Å²) in [5.74, 6) is 0. The number of hydrogen-bond donors (Lipinski definition) is 0. The summed E-state index contributed by atoms with van der Waals surface area (Å²) in [5, 5.41) is 2.45. The van der Waals surface area contributed by atoms with E-state index in [1.165, 1.54) is 4.57 Å². The number of para-hydroxylation sites is 3. The van der Waals surface area contributed by atoms with Crippen LogP contribution < -0.4 is 11.2 Å². The van der Waals surface area contributed by atoms with E-state index in [0.717, 1.165) is 16.3 Å². The third-order valence-electron chi connectivity index (χ3n) is 4.53. The van der Waals surface area contributed by atoms with Crippen molar-refractivity contribution in [3.63, 3.8) is 0 Å². The Bertz CT molecular complexity index is 1330. The van der Waals surface area contributed by atoms with Gasteiger partial charge in [-0.15, -0.1) is 0 Å². The Labute approximate surface area is 136 Å². The fourth-order valence-corrected chi connectivity index (χ4v) is 3.50. The van der Waals surface area contributed by atoms with E-state index >= 15 is 0 Å². The Kier molecular flexibility index (Phi) is 2.48. The molecule has 4 heteroatoms. The molecule has 0 saturated heterocycles. The quantitative estimate of drug-likeness (QED) is 0.477. The molecule has 114 valence electrons. The number of benzene rings is 3. The molecular formula is C20H12N2O2. The minimum atomic E-state index is -0.337. The first-order valence-electron chi connectivity index (χ1n) is 7.73. The molecule has 0 spiro atoms. The van der Waals surface area contributed by atoms with Gasteiger partial charge in [-0.3, -0.25) is 9.20 Å². The topological polar surface area (TPSA) is 43.5 Å². The molecule has 0 unspecified atom stereocenters. The number of fused-ring (bicyclic) bond motifs is 3. The summed E-state index contributed by atoms with van der Waals surface area (Å²) in [6.45, 7) is 0. The molecule has 5 rings (SSSR count). The van der Waals surface area contributed by atoms with Crippen LogP contribution in [-0.2, 0) is 0 Å². The van der Waals surface area contributed by atoms with Crippen LogP contribution in [0.5, 0.6) is 0 Å². The summed E-state index contributed by atoms with van der Waals surface area (Å²) in [4.78, 5) is 26.1. The number of nitrogens with zero attached hydrogens (tertiary/aromatic N) is 2. The molecule has 24 heavy (non-hydrogen) atoms. The van der Waals surface area contributed by atoms with Gasteiger partial charge < -0.3 is 0 Å². The molecule has 2 heterocycles. The third kappa shape index (κ3) is 1.52. The first-order chi connectivity index (χ1) is 11.8. The summed E-state index contributed by atoms with van der Waals surface area (Å²) >= 11 is 0. The Morgan fingerprint density at radius 3 is 2.12 bits per heavy atom. The van der Waals surface area contributed by atoms with Crippen LogP contribution in [0.4, 0.5) is 0 Å². The average molecular weight is 312 g/mol. The van der Waals surface area contributed by atoms with Crippen LogP contribution in [0.25, 0.3) is 32.9 Å². The minimum absolute atomic E-state index is 0.285. The van der Waals surface area contributed by atoms with Gasteiger partial charge in [0.2, 0.25) is 0 Å². The van der Waals surface area contributed by atoms with E-state index in [0.29, 0.717) is 16.6 Å². The zero-order valence-electron chi connectivity index (χ0n) is 12.6. The third-order valence-corrected chi connectivity index (χ3v) is 4.53. The van der Waals surface area contributed by atoms with Gasteiger partial charge >= 0.3 is 5.69 Å². The van der Waals surface area contributed by atoms with Gasteiger partial charge in [0, 0.05) is 10.8 Å². The molecule has 0 aliphatic rings. The van der Waals surface area contributed by atoms with Crippen molar-refractivity contribution in [3.05, 3.63) is 93.6 Å². The van der Waals surface area contributed by atoms with Crippen molar-refractivity contribution >= 4 is 27.2 Å². The van der Waals surface area contributed by atoms with Gasteiger partial charge in [0.05, 0.1) is 22.1 Å². The maximum atomic E-state index is 13.2. The van der Waals surface area contributed by atoms with Gasteiger partial charge in [0.15, 0.2) is 0 Å². The van der Waals surface area contributed by atoms with Crippen molar-refractivity contribution in [2.24, 2.45) is 0 Å². The van der Waals surface area contributed by atoms with Crippen molar-refractivity contribution in [1.29, 1.82) is 0 Å². The molecule has 0 aliphatic heterocycles. The lowest BCUT2D eigenvalue weighted by Crippen LogP contribution is -2.35. The van der Waals surface area contributed by atoms with Crippen LogP contribution in [0.1, 0.15) is 0 Å². The normalized spacial score (nSPS) is 11.7. The second kappa shape index (κ2) is 4.55. The van der Waals surface area contributed by atoms with Crippen LogP contribution in [0.2, 0.25) is 0 Å². The maximum Gasteiger partial charge on any atom is 0.340 e. The maximum absolute atomic E-state index is 13.2. The molecular weight excluding hydrogens is 300 g/mol. The molecule has 0 saturated carbocycles. The lowest BCUT2D eigenvalue weighted by Gasteiger charge is -2.08. The van der Waals surface area contributed by atoms with Gasteiger partial charge in [0.1, 0.15) is 0 Å². The van der Waals surface area contributed by atoms with Crippen LogP contribution >= 0.6 is 0 Å². The first-order valence-corrected chi connectivity index (χ1v) is 7.73. The minimum Gasteiger partial charge on any atom is -0.268 e. The molecule has 4 nitrogen and oxygen atoms in total. The smallest absolute Gasteiger partial charge is 0.268 e. The Morgan fingerprint density at radius 2 is 1.29 bits per heavy atom. The van der Waals surface area contributed by atoms with Crippen LogP contribution in [0.15, 0.2) is 82.4 Å². The highest BCUT2D eigenvalue weighted by molar-refractivity contribution is 6.13. The van der Waals surface area contributed by atoms with E-state index in [1.54, 1.807) is 22.6 Å². The van der Waals surface area contributed by atoms with Crippen molar-refractivity contribution in [1.82, 2.24) is 8.97 Å². The fraction of sp³-hybridized carbons (Fsp3) is 0. The van der Waals surface area contributed by atoms with E-state index in [9.17, 15) is 9.59 Å². The number of hydrogen-bond acceptors (Lipinski definition) is 2. The molecule has 0 atom stereocenters. The lowest BCUT2D eigenvalue weighted by atomic mass is 10.1. The first kappa shape index (κ1) is 13.1. The number of rotatable bonds is 1. The second-order valence-corrected chi connectivity index (χ2v) is 5.81. The number of aromatic nitrogens is 2. The zero-order valence-corrected chi connectivity index (χ0v) is 12.6. The van der Waals surface area contributed by atoms with Crippen LogP contribution in [-0.4, -0.2) is 8.97 Å². The van der Waals surface area contributed by atoms with Gasteiger partial charge in [-0.2, -0.15) is 0 Å². The second-order valence-electron chi connectivity index (χ2n) is 5.81. The van der Waals surface area contributed by atoms with Crippen molar-refractivity contribution in [3.8, 4) is 5.69 Å². The van der Waals surface area contributed by atoms with E-state index in [4.69, 9.17) is 0 Å². The van der Waals surface area contributed by atoms with E-state index in [2.05, 4.69) is 0 Å². The lowest BCUT2D eigenvalue weighted by molar-refractivity contribution is 0.874. The van der Waals surface area contributed by atoms with Crippen LogP contribution in [0, 0.1) is 0 Å². The Hall–Kier alpha value is -3.40. The molecule has 0 bridgehead atoms. The molecule has 0 radical (unpaired) electrons. The molecule has 0 N–H and O–H groups in total. The van der Waals surface area contributed by atoms with Gasteiger partial charge in [-0.25, -0.2) is 9.36 Å². The molecule has 0 amide bonds. The largest absolute Gasteiger partial charge is 0.340 e. The highest BCUT2D eigenvalue weighted by Gasteiger charge is 2.18. The van der Waals surface area contributed by atoms with Crippen molar-refractivity contribution in [2.45, 2.75) is 0 Å². The van der Waals surface area contributed by atoms with Crippen molar-refractivity contribution in [2.75, 3.05) is 0 Å². The highest BCUT2D eigenvalue weighted by Crippen LogP contribution is 2.29. The molecule has 0 aliphatic carbocycles. The van der Waals surface area contributed by atoms with Gasteiger partial charge in [-0.1, -0.05) is 48.5 Å². The predicted octanol–water partition coefficient (Wildman–Crippen LogP) is 3.19. The Morgan fingerprint density at radius 1 is 0.625 bits per heavy atom. The predicted molar refractivity (Wildman–Crippen MR) is 95.5 cm³/mol. The molecule has 0 fully saturated rings. The summed E-state index contributed by atoms with van der Waals surface area (Å²) in [6, 6.07) is 22.4. The monoisotopic (exact) mass is 312 g/mol. The summed E-state index contributed by atoms with van der Waals surface area (Å²) < 4.78 is 2.89. The zero-order chi connectivity index (χ0) is 16.3. The molecule has 3 aromatic carbocycles. The van der Waals surface area contributed by atoms with E-state index < -0.39 is 0 Å². The standard InChI is InChI=1S/C20H12N2O2/c23-19-16-11-6-10-15-14-9-4-5-12-17(14)22(18(15)16)20(24)21(19)13-7-2-1-3-8-13/h1-12H. The SMILES string of the molecule is O=c1c2cccc3c4ccccc4n(c(=O)n1-c1ccccc1)c23. The van der Waals surface area contributed by atoms with Crippen LogP contribution in [0.3, 0.4) is 0 Å². The summed E-state index contributed by atoms with van der Waals surface area (Å²) in [7, 11) is 0. The van der Waals surface area contributed by atoms with Crippen molar-refractivity contribution < 1.29 is 0 Å². The molecule has 2 aromatic heterocycles. The molecule has 5 aromatic rings. The fourth-order valence-electron chi connectivity index (χ4n) is 3.50. The van der Waals surface area contributed by atoms with Gasteiger partial charge in [-0.05, 0) is 24.3 Å². The van der Waals surface area contributed by atoms with Gasteiger partial charge in [0.25, 0.3) is 5.56 Å². The van der Waals surface area contributed by atoms with E-state index in [-0.39, 0.29) is 11.2 Å². The highest BCUT2D eigenvalue weighted by atomic mass is 16.2. The average Bonchev–Trinajstić information content (AvgIpc) is 2.96. The van der Waals surface area contributed by atoms with E-state index in [1.807, 2.05) is 54.6 Å². The summed E-state index contributed by atoms with van der Waals surface area (Å²) in [5.41, 5.74) is 1.47.